The molecule has 0 atom stereocenters. The topological polar surface area (TPSA) is 25.4 Å². The minimum atomic E-state index is 0.643. The van der Waals surface area contributed by atoms with E-state index in [1.165, 1.54) is 0 Å². The fraction of sp³-hybridized carbons (Fsp3) is 0.583. The summed E-state index contributed by atoms with van der Waals surface area (Å²) >= 11 is 5.70. The van der Waals surface area contributed by atoms with Gasteiger partial charge in [-0.25, -0.2) is 0 Å². The van der Waals surface area contributed by atoms with Crippen molar-refractivity contribution < 1.29 is 4.74 Å². The van der Waals surface area contributed by atoms with E-state index in [9.17, 15) is 0 Å². The van der Waals surface area contributed by atoms with Gasteiger partial charge in [0, 0.05) is 25.0 Å². The predicted octanol–water partition coefficient (Wildman–Crippen LogP) is 2.94. The maximum atomic E-state index is 5.70. The van der Waals surface area contributed by atoms with Crippen LogP contribution in [0.15, 0.2) is 18.2 Å². The molecule has 0 aliphatic carbocycles. The summed E-state index contributed by atoms with van der Waals surface area (Å²) in [6.07, 6.45) is 0.968. The minimum absolute atomic E-state index is 0.643. The van der Waals surface area contributed by atoms with Gasteiger partial charge in [0.15, 0.2) is 0 Å². The lowest BCUT2D eigenvalue weighted by Crippen LogP contribution is -2.25. The van der Waals surface area contributed by atoms with E-state index >= 15 is 0 Å². The third kappa shape index (κ3) is 3.89. The summed E-state index contributed by atoms with van der Waals surface area (Å²) in [5, 5.41) is 0. The van der Waals surface area contributed by atoms with Crippen LogP contribution < -0.4 is 9.64 Å². The Balaban J connectivity index is 2.71. The number of anilines is 1. The molecule has 0 N–H and O–H groups in total. The number of pyridine rings is 1. The lowest BCUT2D eigenvalue weighted by atomic mass is 10.3. The van der Waals surface area contributed by atoms with E-state index in [0.29, 0.717) is 18.4 Å². The molecule has 3 nitrogen and oxygen atoms in total. The number of ether oxygens (including phenoxy) is 1. The summed E-state index contributed by atoms with van der Waals surface area (Å²) in [5.74, 6) is 2.32. The van der Waals surface area contributed by atoms with E-state index in [1.807, 2.05) is 25.1 Å². The van der Waals surface area contributed by atoms with E-state index in [4.69, 9.17) is 16.3 Å². The Morgan fingerprint density at radius 3 is 2.81 bits per heavy atom. The molecule has 1 rings (SSSR count). The summed E-state index contributed by atoms with van der Waals surface area (Å²) in [7, 11) is 0. The summed E-state index contributed by atoms with van der Waals surface area (Å²) in [4.78, 5) is 6.65. The predicted molar refractivity (Wildman–Crippen MR) is 68.6 cm³/mol. The van der Waals surface area contributed by atoms with Crippen LogP contribution in [0.4, 0.5) is 5.82 Å². The smallest absolute Gasteiger partial charge is 0.215 e. The van der Waals surface area contributed by atoms with Gasteiger partial charge in [-0.2, -0.15) is 4.98 Å². The van der Waals surface area contributed by atoms with Crippen LogP contribution in [0.5, 0.6) is 5.88 Å². The molecule has 1 aromatic heterocycles. The van der Waals surface area contributed by atoms with Gasteiger partial charge >= 0.3 is 0 Å². The number of rotatable bonds is 7. The van der Waals surface area contributed by atoms with Crippen LogP contribution in [0.1, 0.15) is 20.3 Å². The first-order valence-electron chi connectivity index (χ1n) is 5.72. The third-order valence-electron chi connectivity index (χ3n) is 2.27. The van der Waals surface area contributed by atoms with Crippen molar-refractivity contribution in [1.29, 1.82) is 0 Å². The third-order valence-corrected chi connectivity index (χ3v) is 2.54. The highest BCUT2D eigenvalue weighted by Crippen LogP contribution is 2.16. The first-order chi connectivity index (χ1) is 7.81. The molecule has 0 aliphatic rings. The molecule has 0 fully saturated rings. The highest BCUT2D eigenvalue weighted by molar-refractivity contribution is 6.17. The summed E-state index contributed by atoms with van der Waals surface area (Å²) in [6, 6.07) is 5.85. The SMILES string of the molecule is CCOc1cccc(N(CC)CCCCl)n1. The largest absolute Gasteiger partial charge is 0.478 e. The fourth-order valence-electron chi connectivity index (χ4n) is 1.49. The Kier molecular flexibility index (Phi) is 6.01. The van der Waals surface area contributed by atoms with Crippen molar-refractivity contribution in [1.82, 2.24) is 4.98 Å². The number of nitrogens with zero attached hydrogens (tertiary/aromatic N) is 2. The molecule has 0 spiro atoms. The second-order valence-corrected chi connectivity index (χ2v) is 3.77. The standard InChI is InChI=1S/C12H19ClN2O/c1-3-15(10-6-9-13)11-7-5-8-12(14-11)16-4-2/h5,7-8H,3-4,6,9-10H2,1-2H3. The second kappa shape index (κ2) is 7.34. The van der Waals surface area contributed by atoms with E-state index in [-0.39, 0.29) is 0 Å². The summed E-state index contributed by atoms with van der Waals surface area (Å²) in [6.45, 7) is 6.58. The molecule has 0 aromatic carbocycles. The Morgan fingerprint density at radius 2 is 2.19 bits per heavy atom. The zero-order valence-electron chi connectivity index (χ0n) is 9.95. The Morgan fingerprint density at radius 1 is 1.38 bits per heavy atom. The fourth-order valence-corrected chi connectivity index (χ4v) is 1.61. The van der Waals surface area contributed by atoms with Gasteiger partial charge in [-0.15, -0.1) is 11.6 Å². The van der Waals surface area contributed by atoms with Crippen LogP contribution in [-0.2, 0) is 0 Å². The quantitative estimate of drug-likeness (QED) is 0.688. The zero-order chi connectivity index (χ0) is 11.8. The number of hydrogen-bond acceptors (Lipinski definition) is 3. The van der Waals surface area contributed by atoms with Crippen molar-refractivity contribution >= 4 is 17.4 Å². The van der Waals surface area contributed by atoms with Crippen LogP contribution in [0.25, 0.3) is 0 Å². The zero-order valence-corrected chi connectivity index (χ0v) is 10.7. The second-order valence-electron chi connectivity index (χ2n) is 3.39. The average Bonchev–Trinajstić information content (AvgIpc) is 2.31. The highest BCUT2D eigenvalue weighted by Gasteiger charge is 2.06. The maximum absolute atomic E-state index is 5.70. The van der Waals surface area contributed by atoms with Crippen molar-refractivity contribution in [3.05, 3.63) is 18.2 Å². The van der Waals surface area contributed by atoms with Crippen molar-refractivity contribution in [3.8, 4) is 5.88 Å². The monoisotopic (exact) mass is 242 g/mol. The van der Waals surface area contributed by atoms with E-state index in [0.717, 1.165) is 25.3 Å². The van der Waals surface area contributed by atoms with Crippen LogP contribution in [0, 0.1) is 0 Å². The molecule has 0 bridgehead atoms. The first kappa shape index (κ1) is 13.1. The maximum Gasteiger partial charge on any atom is 0.215 e. The highest BCUT2D eigenvalue weighted by atomic mass is 35.5. The molecule has 1 aromatic rings. The molecular formula is C12H19ClN2O. The average molecular weight is 243 g/mol. The molecule has 0 unspecified atom stereocenters. The number of alkyl halides is 1. The lowest BCUT2D eigenvalue weighted by Gasteiger charge is -2.21. The van der Waals surface area contributed by atoms with Crippen molar-refractivity contribution in [2.45, 2.75) is 20.3 Å². The van der Waals surface area contributed by atoms with Gasteiger partial charge in [0.2, 0.25) is 5.88 Å². The number of aromatic nitrogens is 1. The van der Waals surface area contributed by atoms with Gasteiger partial charge in [0.25, 0.3) is 0 Å². The summed E-state index contributed by atoms with van der Waals surface area (Å²) in [5.41, 5.74) is 0. The molecule has 4 heteroatoms. The molecule has 0 aliphatic heterocycles. The number of halogens is 1. The molecule has 16 heavy (non-hydrogen) atoms. The molecule has 0 saturated heterocycles. The Bertz CT molecular complexity index is 307. The van der Waals surface area contributed by atoms with Crippen molar-refractivity contribution in [2.24, 2.45) is 0 Å². The lowest BCUT2D eigenvalue weighted by molar-refractivity contribution is 0.327. The molecule has 0 radical (unpaired) electrons. The Labute approximate surface area is 102 Å². The normalized spacial score (nSPS) is 10.2. The van der Waals surface area contributed by atoms with Gasteiger partial charge in [0.05, 0.1) is 6.61 Å². The van der Waals surface area contributed by atoms with Gasteiger partial charge in [-0.05, 0) is 26.3 Å². The van der Waals surface area contributed by atoms with E-state index < -0.39 is 0 Å². The first-order valence-corrected chi connectivity index (χ1v) is 6.26. The van der Waals surface area contributed by atoms with Gasteiger partial charge < -0.3 is 9.64 Å². The molecule has 0 saturated carbocycles. The van der Waals surface area contributed by atoms with Crippen molar-refractivity contribution in [3.63, 3.8) is 0 Å². The van der Waals surface area contributed by atoms with E-state index in [2.05, 4.69) is 16.8 Å². The molecule has 1 heterocycles. The summed E-state index contributed by atoms with van der Waals surface area (Å²) < 4.78 is 5.38. The van der Waals surface area contributed by atoms with Crippen LogP contribution >= 0.6 is 11.6 Å². The molecule has 0 amide bonds. The van der Waals surface area contributed by atoms with Crippen molar-refractivity contribution in [2.75, 3.05) is 30.5 Å². The Hall–Kier alpha value is -0.960. The molecule has 90 valence electrons. The van der Waals surface area contributed by atoms with E-state index in [1.54, 1.807) is 0 Å². The molecular weight excluding hydrogens is 224 g/mol. The van der Waals surface area contributed by atoms with Crippen LogP contribution in [0.2, 0.25) is 0 Å². The minimum Gasteiger partial charge on any atom is -0.478 e. The van der Waals surface area contributed by atoms with Gasteiger partial charge in [0.1, 0.15) is 5.82 Å². The van der Waals surface area contributed by atoms with Gasteiger partial charge in [-0.3, -0.25) is 0 Å². The van der Waals surface area contributed by atoms with Crippen LogP contribution in [-0.4, -0.2) is 30.6 Å². The van der Waals surface area contributed by atoms with Crippen LogP contribution in [0.3, 0.4) is 0 Å². The van der Waals surface area contributed by atoms with Gasteiger partial charge in [-0.1, -0.05) is 6.07 Å². The number of hydrogen-bond donors (Lipinski definition) is 0.